The topological polar surface area (TPSA) is 75.7 Å². The molecule has 150 valence electrons. The molecule has 0 aliphatic carbocycles. The van der Waals surface area contributed by atoms with Gasteiger partial charge in [-0.2, -0.15) is 0 Å². The quantitative estimate of drug-likeness (QED) is 0.806. The van der Waals surface area contributed by atoms with Crippen LogP contribution in [0, 0.1) is 6.92 Å². The fourth-order valence-corrected chi connectivity index (χ4v) is 5.23. The molecule has 1 aliphatic heterocycles. The molecule has 0 unspecified atom stereocenters. The number of anilines is 1. The van der Waals surface area contributed by atoms with Crippen LogP contribution in [0.3, 0.4) is 0 Å². The smallest absolute Gasteiger partial charge is 0.264 e. The van der Waals surface area contributed by atoms with Gasteiger partial charge in [-0.05, 0) is 63.1 Å². The fourth-order valence-electron chi connectivity index (χ4n) is 3.53. The van der Waals surface area contributed by atoms with Crippen LogP contribution in [0.5, 0.6) is 0 Å². The summed E-state index contributed by atoms with van der Waals surface area (Å²) in [6, 6.07) is 11.7. The summed E-state index contributed by atoms with van der Waals surface area (Å²) in [5.41, 5.74) is 3.01. The molecule has 7 heteroatoms. The molecule has 1 aliphatic rings. The molecule has 1 amide bonds. The minimum absolute atomic E-state index is 0.108. The fraction of sp³-hybridized carbons (Fsp3) is 0.381. The van der Waals surface area contributed by atoms with Gasteiger partial charge in [-0.15, -0.1) is 0 Å². The van der Waals surface area contributed by atoms with Gasteiger partial charge in [-0.1, -0.05) is 17.7 Å². The van der Waals surface area contributed by atoms with Gasteiger partial charge in [-0.3, -0.25) is 9.10 Å². The van der Waals surface area contributed by atoms with Crippen LogP contribution in [-0.4, -0.2) is 40.1 Å². The predicted octanol–water partition coefficient (Wildman–Crippen LogP) is 2.90. The van der Waals surface area contributed by atoms with E-state index in [0.29, 0.717) is 24.3 Å². The standard InChI is InChI=1S/C21H26N2O4S/c1-14-5-8-19(9-6-14)28(25,26)23-16(3)11-18-12-17(7-10-20(18)23)21(24)22-15(2)13-27-4/h5-10,12,15-16H,11,13H2,1-4H3,(H,22,24)/t15-,16-/m0/s1. The maximum atomic E-state index is 13.2. The molecule has 0 spiro atoms. The molecule has 1 N–H and O–H groups in total. The Hall–Kier alpha value is -2.38. The summed E-state index contributed by atoms with van der Waals surface area (Å²) < 4.78 is 32.9. The Balaban J connectivity index is 1.90. The number of carbonyl (C=O) groups excluding carboxylic acids is 1. The molecule has 2 aromatic carbocycles. The number of carbonyl (C=O) groups is 1. The van der Waals surface area contributed by atoms with E-state index in [1.54, 1.807) is 49.6 Å². The summed E-state index contributed by atoms with van der Waals surface area (Å²) in [7, 11) is -2.08. The van der Waals surface area contributed by atoms with Crippen molar-refractivity contribution in [1.29, 1.82) is 0 Å². The summed E-state index contributed by atoms with van der Waals surface area (Å²) in [6.07, 6.45) is 0.565. The Labute approximate surface area is 166 Å². The van der Waals surface area contributed by atoms with Crippen molar-refractivity contribution in [2.75, 3.05) is 18.0 Å². The second-order valence-corrected chi connectivity index (χ2v) is 9.16. The van der Waals surface area contributed by atoms with Gasteiger partial charge < -0.3 is 10.1 Å². The Kier molecular flexibility index (Phi) is 5.76. The molecule has 2 atom stereocenters. The second kappa shape index (κ2) is 7.93. The summed E-state index contributed by atoms with van der Waals surface area (Å²) in [6.45, 7) is 6.10. The Bertz CT molecular complexity index is 970. The zero-order valence-corrected chi connectivity index (χ0v) is 17.4. The predicted molar refractivity (Wildman–Crippen MR) is 109 cm³/mol. The SMILES string of the molecule is COC[C@H](C)NC(=O)c1ccc2c(c1)C[C@H](C)N2S(=O)(=O)c1ccc(C)cc1. The van der Waals surface area contributed by atoms with Crippen molar-refractivity contribution in [3.8, 4) is 0 Å². The van der Waals surface area contributed by atoms with E-state index in [1.807, 2.05) is 20.8 Å². The van der Waals surface area contributed by atoms with E-state index in [4.69, 9.17) is 4.74 Å². The maximum Gasteiger partial charge on any atom is 0.264 e. The van der Waals surface area contributed by atoms with Crippen LogP contribution in [0.1, 0.15) is 35.3 Å². The lowest BCUT2D eigenvalue weighted by Crippen LogP contribution is -2.36. The number of aryl methyl sites for hydroxylation is 1. The summed E-state index contributed by atoms with van der Waals surface area (Å²) in [5.74, 6) is -0.195. The van der Waals surface area contributed by atoms with Gasteiger partial charge in [0.25, 0.3) is 15.9 Å². The highest BCUT2D eigenvalue weighted by Crippen LogP contribution is 2.37. The average Bonchev–Trinajstić information content (AvgIpc) is 2.97. The van der Waals surface area contributed by atoms with Gasteiger partial charge in [0.1, 0.15) is 0 Å². The van der Waals surface area contributed by atoms with Crippen molar-refractivity contribution in [2.45, 2.75) is 44.2 Å². The number of nitrogens with one attached hydrogen (secondary N) is 1. The number of sulfonamides is 1. The van der Waals surface area contributed by atoms with Crippen molar-refractivity contribution in [2.24, 2.45) is 0 Å². The number of hydrogen-bond donors (Lipinski definition) is 1. The average molecular weight is 403 g/mol. The second-order valence-electron chi connectivity index (χ2n) is 7.34. The van der Waals surface area contributed by atoms with E-state index < -0.39 is 10.0 Å². The summed E-state index contributed by atoms with van der Waals surface area (Å²) in [5, 5.41) is 2.88. The molecular formula is C21H26N2O4S. The molecule has 0 aromatic heterocycles. The van der Waals surface area contributed by atoms with Crippen LogP contribution < -0.4 is 9.62 Å². The lowest BCUT2D eigenvalue weighted by atomic mass is 10.1. The highest BCUT2D eigenvalue weighted by molar-refractivity contribution is 7.92. The van der Waals surface area contributed by atoms with Crippen LogP contribution in [-0.2, 0) is 21.2 Å². The Morgan fingerprint density at radius 3 is 2.57 bits per heavy atom. The number of rotatable bonds is 6. The molecule has 0 saturated carbocycles. The third-order valence-corrected chi connectivity index (χ3v) is 6.81. The maximum absolute atomic E-state index is 13.2. The molecule has 0 saturated heterocycles. The van der Waals surface area contributed by atoms with Crippen LogP contribution in [0.15, 0.2) is 47.4 Å². The third-order valence-electron chi connectivity index (χ3n) is 4.87. The highest BCUT2D eigenvalue weighted by atomic mass is 32.2. The number of ether oxygens (including phenoxy) is 1. The van der Waals surface area contributed by atoms with E-state index in [0.717, 1.165) is 11.1 Å². The molecule has 28 heavy (non-hydrogen) atoms. The van der Waals surface area contributed by atoms with E-state index in [2.05, 4.69) is 5.32 Å². The summed E-state index contributed by atoms with van der Waals surface area (Å²) >= 11 is 0. The van der Waals surface area contributed by atoms with Gasteiger partial charge in [0.15, 0.2) is 0 Å². The molecule has 3 rings (SSSR count). The van der Waals surface area contributed by atoms with Crippen molar-refractivity contribution < 1.29 is 17.9 Å². The third kappa shape index (κ3) is 3.91. The number of methoxy groups -OCH3 is 1. The Morgan fingerprint density at radius 2 is 1.93 bits per heavy atom. The van der Waals surface area contributed by atoms with E-state index in [-0.39, 0.29) is 22.9 Å². The van der Waals surface area contributed by atoms with Crippen LogP contribution in [0.2, 0.25) is 0 Å². The molecule has 6 nitrogen and oxygen atoms in total. The first-order valence-corrected chi connectivity index (χ1v) is 10.7. The minimum atomic E-state index is -3.66. The molecule has 0 bridgehead atoms. The van der Waals surface area contributed by atoms with Crippen molar-refractivity contribution in [1.82, 2.24) is 5.32 Å². The Morgan fingerprint density at radius 1 is 1.25 bits per heavy atom. The number of hydrogen-bond acceptors (Lipinski definition) is 4. The van der Waals surface area contributed by atoms with Crippen molar-refractivity contribution >= 4 is 21.6 Å². The van der Waals surface area contributed by atoms with E-state index in [1.165, 1.54) is 4.31 Å². The molecule has 2 aromatic rings. The molecule has 1 heterocycles. The van der Waals surface area contributed by atoms with Crippen LogP contribution in [0.25, 0.3) is 0 Å². The number of amides is 1. The number of fused-ring (bicyclic) bond motifs is 1. The zero-order valence-electron chi connectivity index (χ0n) is 16.6. The van der Waals surface area contributed by atoms with Crippen molar-refractivity contribution in [3.05, 3.63) is 59.2 Å². The molecule has 0 radical (unpaired) electrons. The zero-order chi connectivity index (χ0) is 20.5. The molecule has 0 fully saturated rings. The largest absolute Gasteiger partial charge is 0.383 e. The van der Waals surface area contributed by atoms with Crippen molar-refractivity contribution in [3.63, 3.8) is 0 Å². The minimum Gasteiger partial charge on any atom is -0.383 e. The van der Waals surface area contributed by atoms with Crippen LogP contribution >= 0.6 is 0 Å². The molecular weight excluding hydrogens is 376 g/mol. The number of benzene rings is 2. The highest BCUT2D eigenvalue weighted by Gasteiger charge is 2.36. The van der Waals surface area contributed by atoms with Gasteiger partial charge in [0.2, 0.25) is 0 Å². The first-order chi connectivity index (χ1) is 13.2. The first-order valence-electron chi connectivity index (χ1n) is 9.28. The normalized spacial score (nSPS) is 17.3. The monoisotopic (exact) mass is 402 g/mol. The number of nitrogens with zero attached hydrogens (tertiary/aromatic N) is 1. The van der Waals surface area contributed by atoms with Gasteiger partial charge in [0.05, 0.1) is 17.2 Å². The summed E-state index contributed by atoms with van der Waals surface area (Å²) in [4.78, 5) is 12.7. The van der Waals surface area contributed by atoms with Gasteiger partial charge in [0, 0.05) is 24.8 Å². The van der Waals surface area contributed by atoms with Gasteiger partial charge in [-0.25, -0.2) is 8.42 Å². The van der Waals surface area contributed by atoms with Gasteiger partial charge >= 0.3 is 0 Å². The van der Waals surface area contributed by atoms with Crippen LogP contribution in [0.4, 0.5) is 5.69 Å². The van der Waals surface area contributed by atoms with E-state index in [9.17, 15) is 13.2 Å². The lowest BCUT2D eigenvalue weighted by molar-refractivity contribution is 0.0905. The van der Waals surface area contributed by atoms with E-state index >= 15 is 0 Å². The lowest BCUT2D eigenvalue weighted by Gasteiger charge is -2.24. The first kappa shape index (κ1) is 20.4.